The molecule has 0 aromatic heterocycles. The van der Waals surface area contributed by atoms with Crippen molar-refractivity contribution in [2.24, 2.45) is 0 Å². The molecule has 156 valence electrons. The fourth-order valence-corrected chi connectivity index (χ4v) is 3.99. The normalized spacial score (nSPS) is 11.9. The van der Waals surface area contributed by atoms with Crippen LogP contribution in [-0.4, -0.2) is 34.6 Å². The monoisotopic (exact) mass is 412 g/mol. The average molecular weight is 413 g/mol. The number of benzene rings is 2. The summed E-state index contributed by atoms with van der Waals surface area (Å²) in [6.07, 6.45) is 0. The van der Waals surface area contributed by atoms with Crippen LogP contribution in [0.1, 0.15) is 43.0 Å². The van der Waals surface area contributed by atoms with E-state index in [1.54, 1.807) is 23.6 Å². The van der Waals surface area contributed by atoms with Crippen LogP contribution in [-0.2, 0) is 21.9 Å². The Kier molecular flexibility index (Phi) is 8.77. The summed E-state index contributed by atoms with van der Waals surface area (Å²) in [7, 11) is 0. The minimum atomic E-state index is -0.523. The van der Waals surface area contributed by atoms with Gasteiger partial charge in [0.25, 0.3) is 0 Å². The first-order chi connectivity index (χ1) is 13.8. The van der Waals surface area contributed by atoms with Gasteiger partial charge in [-0.1, -0.05) is 59.7 Å². The van der Waals surface area contributed by atoms with Crippen LogP contribution >= 0.6 is 11.8 Å². The first-order valence-electron chi connectivity index (χ1n) is 10.0. The van der Waals surface area contributed by atoms with E-state index in [-0.39, 0.29) is 17.9 Å². The van der Waals surface area contributed by atoms with Crippen molar-refractivity contribution in [2.75, 3.05) is 5.75 Å². The van der Waals surface area contributed by atoms with E-state index in [0.29, 0.717) is 12.3 Å². The molecule has 1 atom stereocenters. The maximum atomic E-state index is 13.0. The lowest BCUT2D eigenvalue weighted by Gasteiger charge is -2.29. The summed E-state index contributed by atoms with van der Waals surface area (Å²) in [5, 5.41) is 2.92. The number of hydrogen-bond acceptors (Lipinski definition) is 3. The van der Waals surface area contributed by atoms with Gasteiger partial charge in [-0.25, -0.2) is 0 Å². The number of nitrogens with one attached hydrogen (secondary N) is 1. The first kappa shape index (κ1) is 23.0. The maximum Gasteiger partial charge on any atom is 0.242 e. The lowest BCUT2D eigenvalue weighted by atomic mass is 10.1. The van der Waals surface area contributed by atoms with E-state index < -0.39 is 6.04 Å². The third-order valence-electron chi connectivity index (χ3n) is 4.61. The molecule has 0 radical (unpaired) electrons. The number of hydrogen-bond donors (Lipinski definition) is 1. The number of carbonyl (C=O) groups is 2. The molecule has 2 aromatic carbocycles. The summed E-state index contributed by atoms with van der Waals surface area (Å²) in [5.74, 6) is 0.984. The number of amides is 2. The Labute approximate surface area is 179 Å². The summed E-state index contributed by atoms with van der Waals surface area (Å²) in [6, 6.07) is 15.9. The van der Waals surface area contributed by atoms with Gasteiger partial charge in [-0.2, -0.15) is 0 Å². The van der Waals surface area contributed by atoms with Gasteiger partial charge < -0.3 is 10.2 Å². The largest absolute Gasteiger partial charge is 0.352 e. The third kappa shape index (κ3) is 7.58. The maximum absolute atomic E-state index is 13.0. The topological polar surface area (TPSA) is 49.4 Å². The van der Waals surface area contributed by atoms with Gasteiger partial charge in [-0.15, -0.1) is 11.8 Å². The predicted molar refractivity (Wildman–Crippen MR) is 122 cm³/mol. The van der Waals surface area contributed by atoms with Crippen molar-refractivity contribution in [3.8, 4) is 0 Å². The molecule has 2 rings (SSSR count). The molecule has 2 amide bonds. The van der Waals surface area contributed by atoms with Crippen LogP contribution < -0.4 is 5.32 Å². The number of nitrogens with zero attached hydrogens (tertiary/aromatic N) is 1. The van der Waals surface area contributed by atoms with E-state index in [1.807, 2.05) is 45.0 Å². The Morgan fingerprint density at radius 3 is 2.14 bits per heavy atom. The fraction of sp³-hybridized carbons (Fsp3) is 0.417. The van der Waals surface area contributed by atoms with E-state index in [0.717, 1.165) is 16.9 Å². The lowest BCUT2D eigenvalue weighted by Crippen LogP contribution is -2.49. The smallest absolute Gasteiger partial charge is 0.242 e. The average Bonchev–Trinajstić information content (AvgIpc) is 2.65. The highest BCUT2D eigenvalue weighted by atomic mass is 32.2. The standard InChI is InChI=1S/C24H32N2O2S/c1-17(2)25-24(28)20(5)26(14-21-10-6-8-18(3)12-21)23(27)16-29-15-22-11-7-9-19(4)13-22/h6-13,17,20H,14-16H2,1-5H3,(H,25,28)/t20-/m1/s1. The zero-order valence-corrected chi connectivity index (χ0v) is 18.9. The summed E-state index contributed by atoms with van der Waals surface area (Å²) < 4.78 is 0. The van der Waals surface area contributed by atoms with E-state index >= 15 is 0 Å². The number of carbonyl (C=O) groups excluding carboxylic acids is 2. The highest BCUT2D eigenvalue weighted by molar-refractivity contribution is 7.99. The fourth-order valence-electron chi connectivity index (χ4n) is 3.14. The molecule has 0 heterocycles. The third-order valence-corrected chi connectivity index (χ3v) is 5.60. The van der Waals surface area contributed by atoms with Gasteiger partial charge in [0, 0.05) is 18.3 Å². The van der Waals surface area contributed by atoms with Gasteiger partial charge in [0.05, 0.1) is 5.75 Å². The zero-order chi connectivity index (χ0) is 21.4. The van der Waals surface area contributed by atoms with Crippen LogP contribution in [0.15, 0.2) is 48.5 Å². The molecule has 0 unspecified atom stereocenters. The Hall–Kier alpha value is -2.27. The van der Waals surface area contributed by atoms with E-state index in [2.05, 4.69) is 36.5 Å². The second kappa shape index (κ2) is 11.1. The highest BCUT2D eigenvalue weighted by Gasteiger charge is 2.26. The summed E-state index contributed by atoms with van der Waals surface area (Å²) in [4.78, 5) is 27.3. The van der Waals surface area contributed by atoms with E-state index in [4.69, 9.17) is 0 Å². The Balaban J connectivity index is 2.07. The Morgan fingerprint density at radius 1 is 0.966 bits per heavy atom. The van der Waals surface area contributed by atoms with E-state index in [1.165, 1.54) is 11.1 Å². The molecule has 4 nitrogen and oxygen atoms in total. The van der Waals surface area contributed by atoms with Crippen LogP contribution in [0, 0.1) is 13.8 Å². The first-order valence-corrected chi connectivity index (χ1v) is 11.2. The molecule has 0 saturated carbocycles. The minimum Gasteiger partial charge on any atom is -0.352 e. The molecule has 5 heteroatoms. The molecular weight excluding hydrogens is 380 g/mol. The van der Waals surface area contributed by atoms with Gasteiger partial charge in [0.15, 0.2) is 0 Å². The summed E-state index contributed by atoms with van der Waals surface area (Å²) in [5.41, 5.74) is 4.60. The molecule has 0 saturated heterocycles. The quantitative estimate of drug-likeness (QED) is 0.661. The second-order valence-corrected chi connectivity index (χ2v) is 8.82. The molecule has 2 aromatic rings. The van der Waals surface area contributed by atoms with Gasteiger partial charge in [-0.3, -0.25) is 9.59 Å². The lowest BCUT2D eigenvalue weighted by molar-refractivity contribution is -0.138. The van der Waals surface area contributed by atoms with Gasteiger partial charge in [-0.05, 0) is 45.7 Å². The second-order valence-electron chi connectivity index (χ2n) is 7.83. The van der Waals surface area contributed by atoms with Crippen molar-refractivity contribution in [3.63, 3.8) is 0 Å². The molecule has 0 fully saturated rings. The number of rotatable bonds is 9. The molecule has 29 heavy (non-hydrogen) atoms. The minimum absolute atomic E-state index is 0.0180. The molecule has 0 spiro atoms. The Bertz CT molecular complexity index is 835. The molecule has 1 N–H and O–H groups in total. The highest BCUT2D eigenvalue weighted by Crippen LogP contribution is 2.17. The van der Waals surface area contributed by atoms with Crippen molar-refractivity contribution in [2.45, 2.75) is 59.0 Å². The van der Waals surface area contributed by atoms with Crippen LogP contribution in [0.25, 0.3) is 0 Å². The van der Waals surface area contributed by atoms with Crippen molar-refractivity contribution >= 4 is 23.6 Å². The molecule has 0 aliphatic heterocycles. The molecule has 0 bridgehead atoms. The molecular formula is C24H32N2O2S. The predicted octanol–water partition coefficient (Wildman–Crippen LogP) is 4.48. The SMILES string of the molecule is Cc1cccc(CSCC(=O)N(Cc2cccc(C)c2)[C@H](C)C(=O)NC(C)C)c1. The van der Waals surface area contributed by atoms with Gasteiger partial charge >= 0.3 is 0 Å². The number of thioether (sulfide) groups is 1. The number of aryl methyl sites for hydroxylation is 2. The van der Waals surface area contributed by atoms with Crippen molar-refractivity contribution in [3.05, 3.63) is 70.8 Å². The molecule has 0 aliphatic carbocycles. The van der Waals surface area contributed by atoms with E-state index in [9.17, 15) is 9.59 Å². The van der Waals surface area contributed by atoms with Crippen LogP contribution in [0.2, 0.25) is 0 Å². The summed E-state index contributed by atoms with van der Waals surface area (Å²) in [6.45, 7) is 10.2. The van der Waals surface area contributed by atoms with Gasteiger partial charge in [0.2, 0.25) is 11.8 Å². The van der Waals surface area contributed by atoms with Crippen LogP contribution in [0.5, 0.6) is 0 Å². The molecule has 0 aliphatic rings. The van der Waals surface area contributed by atoms with Crippen LogP contribution in [0.4, 0.5) is 0 Å². The summed E-state index contributed by atoms with van der Waals surface area (Å²) >= 11 is 1.59. The van der Waals surface area contributed by atoms with Crippen molar-refractivity contribution in [1.82, 2.24) is 10.2 Å². The van der Waals surface area contributed by atoms with Crippen molar-refractivity contribution in [1.29, 1.82) is 0 Å². The van der Waals surface area contributed by atoms with Gasteiger partial charge in [0.1, 0.15) is 6.04 Å². The van der Waals surface area contributed by atoms with Crippen molar-refractivity contribution < 1.29 is 9.59 Å². The zero-order valence-electron chi connectivity index (χ0n) is 18.1. The van der Waals surface area contributed by atoms with Crippen LogP contribution in [0.3, 0.4) is 0 Å². The Morgan fingerprint density at radius 2 is 1.55 bits per heavy atom.